The molecule has 0 spiro atoms. The average molecular weight is 288 g/mol. The van der Waals surface area contributed by atoms with Crippen LogP contribution >= 0.6 is 11.3 Å². The van der Waals surface area contributed by atoms with Crippen molar-refractivity contribution < 1.29 is 4.79 Å². The zero-order valence-electron chi connectivity index (χ0n) is 11.9. The van der Waals surface area contributed by atoms with Crippen LogP contribution in [0.4, 0.5) is 0 Å². The third-order valence-electron chi connectivity index (χ3n) is 3.21. The fraction of sp³-hybridized carbons (Fsp3) is 0.375. The lowest BCUT2D eigenvalue weighted by atomic mass is 10.00. The molecule has 0 aliphatic carbocycles. The van der Waals surface area contributed by atoms with Crippen molar-refractivity contribution in [1.29, 1.82) is 0 Å². The number of aromatic nitrogens is 1. The molecule has 0 bridgehead atoms. The van der Waals surface area contributed by atoms with E-state index in [9.17, 15) is 4.79 Å². The lowest BCUT2D eigenvalue weighted by Gasteiger charge is -2.06. The molecule has 0 atom stereocenters. The fourth-order valence-corrected chi connectivity index (χ4v) is 2.79. The molecule has 106 valence electrons. The van der Waals surface area contributed by atoms with Crippen molar-refractivity contribution in [3.05, 3.63) is 51.5 Å². The Labute approximate surface area is 123 Å². The first-order chi connectivity index (χ1) is 9.60. The van der Waals surface area contributed by atoms with Crippen molar-refractivity contribution >= 4 is 17.1 Å². The first kappa shape index (κ1) is 14.9. The number of hydrogen-bond donors (Lipinski definition) is 1. The summed E-state index contributed by atoms with van der Waals surface area (Å²) in [6.07, 6.45) is 1.14. The highest BCUT2D eigenvalue weighted by Crippen LogP contribution is 2.17. The molecule has 3 nitrogen and oxygen atoms in total. The number of thiazole rings is 1. The molecule has 20 heavy (non-hydrogen) atoms. The molecular weight excluding hydrogens is 268 g/mol. The monoisotopic (exact) mass is 288 g/mol. The second-order valence-corrected chi connectivity index (χ2v) is 6.10. The van der Waals surface area contributed by atoms with Crippen molar-refractivity contribution in [2.24, 2.45) is 5.73 Å². The van der Waals surface area contributed by atoms with Gasteiger partial charge in [-0.15, -0.1) is 11.3 Å². The van der Waals surface area contributed by atoms with E-state index < -0.39 is 0 Å². The second kappa shape index (κ2) is 6.77. The van der Waals surface area contributed by atoms with Gasteiger partial charge in [0, 0.05) is 18.2 Å². The summed E-state index contributed by atoms with van der Waals surface area (Å²) in [5, 5.41) is 2.77. The van der Waals surface area contributed by atoms with Crippen LogP contribution in [0.15, 0.2) is 29.6 Å². The number of Topliss-reactive ketones (excluding diaryl/α,β-unsaturated/α-hetero) is 1. The van der Waals surface area contributed by atoms with Crippen molar-refractivity contribution in [2.45, 2.75) is 32.6 Å². The van der Waals surface area contributed by atoms with Crippen LogP contribution in [-0.2, 0) is 12.8 Å². The molecule has 0 saturated heterocycles. The first-order valence-corrected chi connectivity index (χ1v) is 7.74. The Morgan fingerprint density at radius 2 is 2.00 bits per heavy atom. The molecule has 0 aliphatic rings. The minimum absolute atomic E-state index is 0.0711. The lowest BCUT2D eigenvalue weighted by molar-refractivity contribution is 0.0988. The van der Waals surface area contributed by atoms with Crippen LogP contribution in [0.5, 0.6) is 0 Å². The highest BCUT2D eigenvalue weighted by molar-refractivity contribution is 7.09. The Balaban J connectivity index is 2.03. The van der Waals surface area contributed by atoms with Crippen LogP contribution in [0.2, 0.25) is 0 Å². The van der Waals surface area contributed by atoms with Gasteiger partial charge in [0.2, 0.25) is 0 Å². The van der Waals surface area contributed by atoms with Crippen LogP contribution < -0.4 is 5.73 Å². The average Bonchev–Trinajstić information content (AvgIpc) is 2.88. The summed E-state index contributed by atoms with van der Waals surface area (Å²) >= 11 is 1.51. The number of ketones is 1. The summed E-state index contributed by atoms with van der Waals surface area (Å²) in [7, 11) is 0. The Bertz CT molecular complexity index is 572. The maximum absolute atomic E-state index is 12.2. The van der Waals surface area contributed by atoms with E-state index in [1.54, 1.807) is 0 Å². The predicted octanol–water partition coefficient (Wildman–Crippen LogP) is 3.19. The summed E-state index contributed by atoms with van der Waals surface area (Å²) in [5.41, 5.74) is 8.38. The van der Waals surface area contributed by atoms with E-state index in [1.807, 2.05) is 17.5 Å². The first-order valence-electron chi connectivity index (χ1n) is 6.86. The van der Waals surface area contributed by atoms with Gasteiger partial charge in [0.15, 0.2) is 5.78 Å². The topological polar surface area (TPSA) is 56.0 Å². The second-order valence-electron chi connectivity index (χ2n) is 5.16. The molecule has 0 radical (unpaired) electrons. The molecule has 0 amide bonds. The number of hydrogen-bond acceptors (Lipinski definition) is 4. The quantitative estimate of drug-likeness (QED) is 0.830. The standard InChI is InChI=1S/C16H20N2OS/c1-11(2)13-5-3-12(4-6-13)9-15(19)14-10-20-16(18-14)7-8-17/h3-6,10-11H,7-9,17H2,1-2H3. The van der Waals surface area contributed by atoms with Crippen LogP contribution in [0.1, 0.15) is 46.4 Å². The highest BCUT2D eigenvalue weighted by atomic mass is 32.1. The molecule has 1 aromatic heterocycles. The molecule has 0 aliphatic heterocycles. The van der Waals surface area contributed by atoms with Crippen molar-refractivity contribution in [2.75, 3.05) is 6.54 Å². The number of nitrogens with two attached hydrogens (primary N) is 1. The van der Waals surface area contributed by atoms with E-state index in [0.717, 1.165) is 17.0 Å². The Hall–Kier alpha value is -1.52. The zero-order valence-corrected chi connectivity index (χ0v) is 12.7. The summed E-state index contributed by atoms with van der Waals surface area (Å²) in [6, 6.07) is 8.24. The van der Waals surface area contributed by atoms with Crippen LogP contribution in [0, 0.1) is 0 Å². The van der Waals surface area contributed by atoms with E-state index in [0.29, 0.717) is 24.6 Å². The van der Waals surface area contributed by atoms with Crippen LogP contribution in [0.3, 0.4) is 0 Å². The molecule has 1 heterocycles. The molecule has 1 aromatic carbocycles. The van der Waals surface area contributed by atoms with E-state index >= 15 is 0 Å². The van der Waals surface area contributed by atoms with Gasteiger partial charge >= 0.3 is 0 Å². The van der Waals surface area contributed by atoms with Gasteiger partial charge in [-0.1, -0.05) is 38.1 Å². The van der Waals surface area contributed by atoms with E-state index in [4.69, 9.17) is 5.73 Å². The van der Waals surface area contributed by atoms with Gasteiger partial charge in [-0.25, -0.2) is 4.98 Å². The molecule has 0 unspecified atom stereocenters. The van der Waals surface area contributed by atoms with E-state index in [1.165, 1.54) is 16.9 Å². The Morgan fingerprint density at radius 1 is 1.30 bits per heavy atom. The SMILES string of the molecule is CC(C)c1ccc(CC(=O)c2csc(CCN)n2)cc1. The number of rotatable bonds is 6. The van der Waals surface area contributed by atoms with Crippen LogP contribution in [0.25, 0.3) is 0 Å². The van der Waals surface area contributed by atoms with Gasteiger partial charge in [0.05, 0.1) is 5.01 Å². The van der Waals surface area contributed by atoms with Gasteiger partial charge in [-0.05, 0) is 23.6 Å². The Kier molecular flexibility index (Phi) is 5.04. The largest absolute Gasteiger partial charge is 0.330 e. The summed E-state index contributed by atoms with van der Waals surface area (Å²) in [5.74, 6) is 0.582. The molecule has 2 rings (SSSR count). The number of benzene rings is 1. The number of carbonyl (C=O) groups excluding carboxylic acids is 1. The molecule has 4 heteroatoms. The van der Waals surface area contributed by atoms with Gasteiger partial charge in [-0.2, -0.15) is 0 Å². The Morgan fingerprint density at radius 3 is 2.60 bits per heavy atom. The molecule has 0 saturated carbocycles. The maximum Gasteiger partial charge on any atom is 0.186 e. The molecule has 2 N–H and O–H groups in total. The highest BCUT2D eigenvalue weighted by Gasteiger charge is 2.11. The third kappa shape index (κ3) is 3.74. The summed E-state index contributed by atoms with van der Waals surface area (Å²) < 4.78 is 0. The van der Waals surface area contributed by atoms with Gasteiger partial charge in [0.1, 0.15) is 5.69 Å². The number of nitrogens with zero attached hydrogens (tertiary/aromatic N) is 1. The van der Waals surface area contributed by atoms with Crippen molar-refractivity contribution in [3.63, 3.8) is 0 Å². The molecule has 2 aromatic rings. The van der Waals surface area contributed by atoms with E-state index in [-0.39, 0.29) is 5.78 Å². The van der Waals surface area contributed by atoms with Crippen LogP contribution in [-0.4, -0.2) is 17.3 Å². The summed E-state index contributed by atoms with van der Waals surface area (Å²) in [6.45, 7) is 4.89. The van der Waals surface area contributed by atoms with Gasteiger partial charge < -0.3 is 5.73 Å². The minimum atomic E-state index is 0.0711. The number of carbonyl (C=O) groups is 1. The zero-order chi connectivity index (χ0) is 14.5. The third-order valence-corrected chi connectivity index (χ3v) is 4.12. The van der Waals surface area contributed by atoms with Gasteiger partial charge in [-0.3, -0.25) is 4.79 Å². The lowest BCUT2D eigenvalue weighted by Crippen LogP contribution is -2.06. The smallest absolute Gasteiger partial charge is 0.186 e. The molecular formula is C16H20N2OS. The van der Waals surface area contributed by atoms with Crippen molar-refractivity contribution in [1.82, 2.24) is 4.98 Å². The minimum Gasteiger partial charge on any atom is -0.330 e. The van der Waals surface area contributed by atoms with E-state index in [2.05, 4.69) is 31.0 Å². The summed E-state index contributed by atoms with van der Waals surface area (Å²) in [4.78, 5) is 16.5. The maximum atomic E-state index is 12.2. The predicted molar refractivity (Wildman–Crippen MR) is 83.4 cm³/mol. The molecule has 0 fully saturated rings. The normalized spacial score (nSPS) is 11.0. The fourth-order valence-electron chi connectivity index (χ4n) is 1.97. The van der Waals surface area contributed by atoms with Crippen molar-refractivity contribution in [3.8, 4) is 0 Å². The van der Waals surface area contributed by atoms with Gasteiger partial charge in [0.25, 0.3) is 0 Å².